The standard InChI is InChI=1S/C53H34N2/c1-2-14-35(15-3-1)36-28-30-38(31-29-36)54(49-27-12-17-37-16-4-5-18-40(37)49)39-32-33-42-41-19-6-8-22-45(41)53(48(42)34-39)46-23-9-11-26-51(46)55-50-25-10-7-20-43(50)44-21-13-24-47(53)52(44)55/h1-34H. The topological polar surface area (TPSA) is 8.17 Å². The summed E-state index contributed by atoms with van der Waals surface area (Å²) in [5, 5.41) is 5.01. The first-order valence-corrected chi connectivity index (χ1v) is 19.1. The third kappa shape index (κ3) is 4.08. The average molecular weight is 699 g/mol. The number of fused-ring (bicyclic) bond motifs is 13. The first kappa shape index (κ1) is 30.3. The third-order valence-electron chi connectivity index (χ3n) is 12.2. The predicted molar refractivity (Wildman–Crippen MR) is 229 cm³/mol. The lowest BCUT2D eigenvalue weighted by Gasteiger charge is -2.40. The van der Waals surface area contributed by atoms with Gasteiger partial charge in [-0.3, -0.25) is 0 Å². The van der Waals surface area contributed by atoms with Crippen LogP contribution in [0.25, 0.3) is 60.5 Å². The van der Waals surface area contributed by atoms with Crippen molar-refractivity contribution in [1.29, 1.82) is 0 Å². The molecule has 1 aliphatic carbocycles. The Kier molecular flexibility index (Phi) is 6.29. The molecule has 12 rings (SSSR count). The highest BCUT2D eigenvalue weighted by molar-refractivity contribution is 6.13. The molecule has 1 spiro atoms. The summed E-state index contributed by atoms with van der Waals surface area (Å²) in [6, 6.07) is 76.3. The van der Waals surface area contributed by atoms with Crippen molar-refractivity contribution in [2.75, 3.05) is 4.90 Å². The van der Waals surface area contributed by atoms with E-state index in [1.165, 1.54) is 82.8 Å². The number of para-hydroxylation sites is 3. The Morgan fingerprint density at radius 1 is 0.382 bits per heavy atom. The summed E-state index contributed by atoms with van der Waals surface area (Å²) in [6.07, 6.45) is 0. The number of aromatic nitrogens is 1. The molecule has 10 aromatic rings. The molecule has 0 saturated carbocycles. The van der Waals surface area contributed by atoms with Gasteiger partial charge in [0.1, 0.15) is 0 Å². The molecule has 0 radical (unpaired) electrons. The molecule has 55 heavy (non-hydrogen) atoms. The maximum Gasteiger partial charge on any atom is 0.0755 e. The van der Waals surface area contributed by atoms with Gasteiger partial charge in [-0.1, -0.05) is 164 Å². The van der Waals surface area contributed by atoms with E-state index in [2.05, 4.69) is 216 Å². The van der Waals surface area contributed by atoms with Crippen molar-refractivity contribution in [3.05, 3.63) is 229 Å². The Morgan fingerprint density at radius 2 is 1.00 bits per heavy atom. The molecule has 2 aliphatic rings. The Balaban J connectivity index is 1.17. The number of anilines is 3. The quantitative estimate of drug-likeness (QED) is 0.178. The van der Waals surface area contributed by atoms with Crippen molar-refractivity contribution in [1.82, 2.24) is 4.57 Å². The molecule has 0 bridgehead atoms. The number of hydrogen-bond acceptors (Lipinski definition) is 1. The molecule has 9 aromatic carbocycles. The molecule has 0 fully saturated rings. The van der Waals surface area contributed by atoms with Crippen LogP contribution < -0.4 is 4.90 Å². The minimum Gasteiger partial charge on any atom is -0.310 e. The summed E-state index contributed by atoms with van der Waals surface area (Å²) >= 11 is 0. The molecule has 1 aromatic heterocycles. The van der Waals surface area contributed by atoms with Gasteiger partial charge in [0.15, 0.2) is 0 Å². The van der Waals surface area contributed by atoms with Crippen LogP contribution in [-0.2, 0) is 5.41 Å². The van der Waals surface area contributed by atoms with Crippen molar-refractivity contribution in [2.24, 2.45) is 0 Å². The summed E-state index contributed by atoms with van der Waals surface area (Å²) in [4.78, 5) is 2.46. The van der Waals surface area contributed by atoms with Crippen LogP contribution >= 0.6 is 0 Å². The van der Waals surface area contributed by atoms with Crippen LogP contribution in [0, 0.1) is 0 Å². The van der Waals surface area contributed by atoms with Gasteiger partial charge in [-0.15, -0.1) is 0 Å². The largest absolute Gasteiger partial charge is 0.310 e. The maximum absolute atomic E-state index is 2.52. The smallest absolute Gasteiger partial charge is 0.0755 e. The molecule has 2 heteroatoms. The van der Waals surface area contributed by atoms with Gasteiger partial charge in [0.25, 0.3) is 0 Å². The van der Waals surface area contributed by atoms with E-state index in [0.29, 0.717) is 0 Å². The molecule has 256 valence electrons. The van der Waals surface area contributed by atoms with Crippen LogP contribution in [0.5, 0.6) is 0 Å². The van der Waals surface area contributed by atoms with Crippen molar-refractivity contribution in [3.63, 3.8) is 0 Å². The second-order valence-electron chi connectivity index (χ2n) is 14.8. The minimum atomic E-state index is -0.524. The Bertz CT molecular complexity index is 3150. The summed E-state index contributed by atoms with van der Waals surface area (Å²) < 4.78 is 2.52. The second-order valence-corrected chi connectivity index (χ2v) is 14.8. The summed E-state index contributed by atoms with van der Waals surface area (Å²) in [6.45, 7) is 0. The maximum atomic E-state index is 2.52. The van der Waals surface area contributed by atoms with E-state index in [1.54, 1.807) is 0 Å². The van der Waals surface area contributed by atoms with E-state index in [1.807, 2.05) is 0 Å². The monoisotopic (exact) mass is 698 g/mol. The normalized spacial score (nSPS) is 15.0. The average Bonchev–Trinajstić information content (AvgIpc) is 3.75. The predicted octanol–water partition coefficient (Wildman–Crippen LogP) is 13.8. The van der Waals surface area contributed by atoms with Gasteiger partial charge in [0.2, 0.25) is 0 Å². The molecule has 2 nitrogen and oxygen atoms in total. The van der Waals surface area contributed by atoms with Crippen molar-refractivity contribution >= 4 is 49.6 Å². The fourth-order valence-electron chi connectivity index (χ4n) is 9.95. The van der Waals surface area contributed by atoms with Crippen LogP contribution in [-0.4, -0.2) is 4.57 Å². The number of nitrogens with zero attached hydrogens (tertiary/aromatic N) is 2. The molecule has 0 saturated heterocycles. The Morgan fingerprint density at radius 3 is 1.89 bits per heavy atom. The van der Waals surface area contributed by atoms with Crippen molar-refractivity contribution in [2.45, 2.75) is 5.41 Å². The van der Waals surface area contributed by atoms with Crippen LogP contribution in [0.4, 0.5) is 17.1 Å². The minimum absolute atomic E-state index is 0.524. The lowest BCUT2D eigenvalue weighted by atomic mass is 9.65. The highest BCUT2D eigenvalue weighted by atomic mass is 15.1. The molecule has 2 heterocycles. The zero-order valence-electron chi connectivity index (χ0n) is 30.0. The van der Waals surface area contributed by atoms with Crippen molar-refractivity contribution in [3.8, 4) is 27.9 Å². The molecular formula is C53H34N2. The van der Waals surface area contributed by atoms with E-state index in [0.717, 1.165) is 17.1 Å². The van der Waals surface area contributed by atoms with Crippen LogP contribution in [0.1, 0.15) is 22.3 Å². The fraction of sp³-hybridized carbons (Fsp3) is 0.0189. The van der Waals surface area contributed by atoms with Gasteiger partial charge in [0, 0.05) is 27.5 Å². The van der Waals surface area contributed by atoms with Crippen LogP contribution in [0.15, 0.2) is 206 Å². The van der Waals surface area contributed by atoms with E-state index in [4.69, 9.17) is 0 Å². The number of rotatable bonds is 4. The zero-order chi connectivity index (χ0) is 36.1. The van der Waals surface area contributed by atoms with Gasteiger partial charge in [-0.05, 0) is 92.4 Å². The molecular weight excluding hydrogens is 665 g/mol. The Labute approximate surface area is 319 Å². The van der Waals surface area contributed by atoms with Crippen LogP contribution in [0.3, 0.4) is 0 Å². The van der Waals surface area contributed by atoms with E-state index in [-0.39, 0.29) is 0 Å². The molecule has 1 unspecified atom stereocenters. The lowest BCUT2D eigenvalue weighted by molar-refractivity contribution is 0.748. The van der Waals surface area contributed by atoms with Gasteiger partial charge in [-0.2, -0.15) is 0 Å². The molecule has 0 N–H and O–H groups in total. The third-order valence-corrected chi connectivity index (χ3v) is 12.2. The fourth-order valence-corrected chi connectivity index (χ4v) is 9.95. The van der Waals surface area contributed by atoms with Gasteiger partial charge in [-0.25, -0.2) is 0 Å². The highest BCUT2D eigenvalue weighted by Gasteiger charge is 2.51. The Hall–Kier alpha value is -7.16. The molecule has 0 amide bonds. The van der Waals surface area contributed by atoms with E-state index < -0.39 is 5.41 Å². The van der Waals surface area contributed by atoms with Gasteiger partial charge >= 0.3 is 0 Å². The first-order valence-electron chi connectivity index (χ1n) is 19.1. The van der Waals surface area contributed by atoms with Crippen LogP contribution in [0.2, 0.25) is 0 Å². The number of hydrogen-bond donors (Lipinski definition) is 0. The molecule has 1 aliphatic heterocycles. The van der Waals surface area contributed by atoms with E-state index >= 15 is 0 Å². The summed E-state index contributed by atoms with van der Waals surface area (Å²) in [5.74, 6) is 0. The number of benzene rings is 9. The summed E-state index contributed by atoms with van der Waals surface area (Å²) in [5.41, 5.74) is 16.9. The van der Waals surface area contributed by atoms with Crippen molar-refractivity contribution < 1.29 is 0 Å². The lowest BCUT2D eigenvalue weighted by Crippen LogP contribution is -2.33. The summed E-state index contributed by atoms with van der Waals surface area (Å²) in [7, 11) is 0. The second kappa shape index (κ2) is 11.4. The first-order chi connectivity index (χ1) is 27.3. The molecule has 1 atom stereocenters. The highest BCUT2D eigenvalue weighted by Crippen LogP contribution is 2.61. The van der Waals surface area contributed by atoms with Gasteiger partial charge < -0.3 is 9.47 Å². The van der Waals surface area contributed by atoms with Gasteiger partial charge in [0.05, 0.1) is 27.8 Å². The van der Waals surface area contributed by atoms with E-state index in [9.17, 15) is 0 Å². The SMILES string of the molecule is c1ccc(-c2ccc(N(c3ccc4c(c3)C3(c5ccccc5-4)c4ccccc4-n4c5ccccc5c5cccc3c54)c3cccc4ccccc34)cc2)cc1. The zero-order valence-corrected chi connectivity index (χ0v) is 30.0.